The van der Waals surface area contributed by atoms with Crippen LogP contribution in [0.1, 0.15) is 0 Å². The number of carbonyl (C=O) groups is 1. The largest absolute Gasteiger partial charge is 0.345 e. The maximum Gasteiger partial charge on any atom is 0.245 e. The first-order chi connectivity index (χ1) is 9.81. The SMILES string of the molecule is O=C(Cn1cccc1)Nc1cc(-n2cccn2)ncn1. The van der Waals surface area contributed by atoms with Crippen molar-refractivity contribution in [1.82, 2.24) is 24.3 Å². The fourth-order valence-corrected chi connectivity index (χ4v) is 1.77. The van der Waals surface area contributed by atoms with Gasteiger partial charge in [-0.25, -0.2) is 14.6 Å². The summed E-state index contributed by atoms with van der Waals surface area (Å²) in [5.74, 6) is 0.898. The molecule has 100 valence electrons. The zero-order valence-corrected chi connectivity index (χ0v) is 10.5. The Hall–Kier alpha value is -2.96. The Morgan fingerprint density at radius 3 is 2.75 bits per heavy atom. The minimum Gasteiger partial charge on any atom is -0.345 e. The van der Waals surface area contributed by atoms with Gasteiger partial charge in [0.15, 0.2) is 5.82 Å². The van der Waals surface area contributed by atoms with Crippen LogP contribution >= 0.6 is 0 Å². The van der Waals surface area contributed by atoms with Crippen LogP contribution in [-0.2, 0) is 11.3 Å². The maximum absolute atomic E-state index is 11.9. The van der Waals surface area contributed by atoms with E-state index in [1.54, 1.807) is 33.8 Å². The predicted molar refractivity (Wildman–Crippen MR) is 72.2 cm³/mol. The van der Waals surface area contributed by atoms with E-state index >= 15 is 0 Å². The molecule has 0 radical (unpaired) electrons. The van der Waals surface area contributed by atoms with Gasteiger partial charge in [-0.2, -0.15) is 5.10 Å². The van der Waals surface area contributed by atoms with Crippen LogP contribution in [0.4, 0.5) is 5.82 Å². The molecule has 3 aromatic heterocycles. The van der Waals surface area contributed by atoms with Gasteiger partial charge in [0.2, 0.25) is 5.91 Å². The van der Waals surface area contributed by atoms with Crippen molar-refractivity contribution >= 4 is 11.7 Å². The van der Waals surface area contributed by atoms with Crippen molar-refractivity contribution in [3.05, 3.63) is 55.4 Å². The first-order valence-electron chi connectivity index (χ1n) is 6.04. The average molecular weight is 268 g/mol. The molecule has 0 bridgehead atoms. The molecule has 20 heavy (non-hydrogen) atoms. The van der Waals surface area contributed by atoms with Crippen LogP contribution in [0.2, 0.25) is 0 Å². The van der Waals surface area contributed by atoms with E-state index in [9.17, 15) is 4.79 Å². The van der Waals surface area contributed by atoms with Gasteiger partial charge >= 0.3 is 0 Å². The third kappa shape index (κ3) is 2.72. The van der Waals surface area contributed by atoms with E-state index in [2.05, 4.69) is 20.4 Å². The van der Waals surface area contributed by atoms with Gasteiger partial charge in [-0.15, -0.1) is 0 Å². The summed E-state index contributed by atoms with van der Waals surface area (Å²) in [5.41, 5.74) is 0. The van der Waals surface area contributed by atoms with Gasteiger partial charge in [0, 0.05) is 30.9 Å². The summed E-state index contributed by atoms with van der Waals surface area (Å²) >= 11 is 0. The highest BCUT2D eigenvalue weighted by Crippen LogP contribution is 2.07. The molecule has 7 heteroatoms. The fourth-order valence-electron chi connectivity index (χ4n) is 1.77. The molecule has 0 saturated carbocycles. The van der Waals surface area contributed by atoms with Gasteiger partial charge in [-0.05, 0) is 18.2 Å². The lowest BCUT2D eigenvalue weighted by molar-refractivity contribution is -0.116. The highest BCUT2D eigenvalue weighted by atomic mass is 16.2. The number of nitrogens with zero attached hydrogens (tertiary/aromatic N) is 5. The Kier molecular flexibility index (Phi) is 3.24. The van der Waals surface area contributed by atoms with Crippen molar-refractivity contribution in [2.24, 2.45) is 0 Å². The number of rotatable bonds is 4. The van der Waals surface area contributed by atoms with Crippen molar-refractivity contribution in [2.75, 3.05) is 5.32 Å². The normalized spacial score (nSPS) is 10.4. The molecule has 0 aliphatic carbocycles. The van der Waals surface area contributed by atoms with E-state index < -0.39 is 0 Å². The number of anilines is 1. The Bertz CT molecular complexity index is 689. The van der Waals surface area contributed by atoms with E-state index in [0.717, 1.165) is 0 Å². The molecule has 0 atom stereocenters. The number of nitrogens with one attached hydrogen (secondary N) is 1. The van der Waals surface area contributed by atoms with E-state index in [-0.39, 0.29) is 12.5 Å². The molecule has 7 nitrogen and oxygen atoms in total. The standard InChI is InChI=1S/C13H12N6O/c20-13(9-18-5-1-2-6-18)17-11-8-12(15-10-14-11)19-7-3-4-16-19/h1-8,10H,9H2,(H,14,15,17,20). The lowest BCUT2D eigenvalue weighted by Crippen LogP contribution is -2.18. The molecular formula is C13H12N6O. The van der Waals surface area contributed by atoms with E-state index in [1.165, 1.54) is 6.33 Å². The molecule has 0 aliphatic rings. The third-order valence-corrected chi connectivity index (χ3v) is 2.65. The van der Waals surface area contributed by atoms with Crippen LogP contribution in [0, 0.1) is 0 Å². The molecule has 0 aliphatic heterocycles. The van der Waals surface area contributed by atoms with Gasteiger partial charge in [-0.3, -0.25) is 4.79 Å². The molecule has 3 aromatic rings. The molecule has 3 heterocycles. The maximum atomic E-state index is 11.9. The van der Waals surface area contributed by atoms with Gasteiger partial charge in [0.1, 0.15) is 18.7 Å². The molecule has 0 aromatic carbocycles. The summed E-state index contributed by atoms with van der Waals surface area (Å²) in [6.07, 6.45) is 8.48. The summed E-state index contributed by atoms with van der Waals surface area (Å²) in [7, 11) is 0. The zero-order chi connectivity index (χ0) is 13.8. The van der Waals surface area contributed by atoms with Crippen LogP contribution in [0.15, 0.2) is 55.4 Å². The smallest absolute Gasteiger partial charge is 0.245 e. The van der Waals surface area contributed by atoms with Gasteiger partial charge in [0.25, 0.3) is 0 Å². The Labute approximate surface area is 114 Å². The summed E-state index contributed by atoms with van der Waals surface area (Å²) in [6.45, 7) is 0.244. The van der Waals surface area contributed by atoms with Crippen molar-refractivity contribution < 1.29 is 4.79 Å². The van der Waals surface area contributed by atoms with Crippen molar-refractivity contribution in [2.45, 2.75) is 6.54 Å². The fraction of sp³-hybridized carbons (Fsp3) is 0.0769. The van der Waals surface area contributed by atoms with Gasteiger partial charge in [0.05, 0.1) is 0 Å². The minimum absolute atomic E-state index is 0.147. The Morgan fingerprint density at radius 1 is 1.15 bits per heavy atom. The number of aromatic nitrogens is 5. The van der Waals surface area contributed by atoms with Crippen molar-refractivity contribution in [3.63, 3.8) is 0 Å². The van der Waals surface area contributed by atoms with E-state index in [4.69, 9.17) is 0 Å². The van der Waals surface area contributed by atoms with Crippen molar-refractivity contribution in [3.8, 4) is 5.82 Å². The molecule has 1 amide bonds. The second-order valence-electron chi connectivity index (χ2n) is 4.12. The predicted octanol–water partition coefficient (Wildman–Crippen LogP) is 1.10. The average Bonchev–Trinajstić information content (AvgIpc) is 3.11. The molecule has 0 unspecified atom stereocenters. The van der Waals surface area contributed by atoms with Gasteiger partial charge in [-0.1, -0.05) is 0 Å². The highest BCUT2D eigenvalue weighted by molar-refractivity contribution is 5.89. The molecule has 0 spiro atoms. The lowest BCUT2D eigenvalue weighted by Gasteiger charge is -2.06. The first-order valence-corrected chi connectivity index (χ1v) is 6.04. The quantitative estimate of drug-likeness (QED) is 0.768. The summed E-state index contributed by atoms with van der Waals surface area (Å²) in [4.78, 5) is 20.0. The number of hydrogen-bond donors (Lipinski definition) is 1. The molecule has 0 fully saturated rings. The van der Waals surface area contributed by atoms with Crippen molar-refractivity contribution in [1.29, 1.82) is 0 Å². The molecule has 1 N–H and O–H groups in total. The summed E-state index contributed by atoms with van der Waals surface area (Å²) in [5, 5.41) is 6.81. The number of carbonyl (C=O) groups excluding carboxylic acids is 1. The second-order valence-corrected chi connectivity index (χ2v) is 4.12. The molecular weight excluding hydrogens is 256 g/mol. The minimum atomic E-state index is -0.147. The first kappa shape index (κ1) is 12.1. The summed E-state index contributed by atoms with van der Waals surface area (Å²) < 4.78 is 3.38. The zero-order valence-electron chi connectivity index (χ0n) is 10.5. The van der Waals surface area contributed by atoms with E-state index in [0.29, 0.717) is 11.6 Å². The van der Waals surface area contributed by atoms with Crippen LogP contribution in [0.5, 0.6) is 0 Å². The number of amides is 1. The van der Waals surface area contributed by atoms with Crippen LogP contribution in [0.3, 0.4) is 0 Å². The Balaban J connectivity index is 1.71. The second kappa shape index (κ2) is 5.35. The molecule has 3 rings (SSSR count). The van der Waals surface area contributed by atoms with Crippen LogP contribution in [-0.4, -0.2) is 30.2 Å². The van der Waals surface area contributed by atoms with Crippen LogP contribution in [0.25, 0.3) is 5.82 Å². The highest BCUT2D eigenvalue weighted by Gasteiger charge is 2.06. The molecule has 0 saturated heterocycles. The van der Waals surface area contributed by atoms with Gasteiger partial charge < -0.3 is 9.88 Å². The number of hydrogen-bond acceptors (Lipinski definition) is 4. The monoisotopic (exact) mass is 268 g/mol. The lowest BCUT2D eigenvalue weighted by atomic mass is 10.5. The summed E-state index contributed by atoms with van der Waals surface area (Å²) in [6, 6.07) is 7.20. The Morgan fingerprint density at radius 2 is 2.00 bits per heavy atom. The third-order valence-electron chi connectivity index (χ3n) is 2.65. The van der Waals surface area contributed by atoms with Crippen LogP contribution < -0.4 is 5.32 Å². The van der Waals surface area contributed by atoms with E-state index in [1.807, 2.05) is 24.5 Å². The topological polar surface area (TPSA) is 77.6 Å².